The largest absolute Gasteiger partial charge is 0.506 e. The number of rotatable bonds is 6. The second-order valence-corrected chi connectivity index (χ2v) is 6.03. The number of benzene rings is 3. The average molecular weight is 334 g/mol. The van der Waals surface area contributed by atoms with Crippen LogP contribution in [0.5, 0.6) is 11.5 Å². The molecule has 3 rings (SSSR count). The van der Waals surface area contributed by atoms with Crippen molar-refractivity contribution in [2.75, 3.05) is 6.61 Å². The van der Waals surface area contributed by atoms with Gasteiger partial charge in [-0.25, -0.2) is 0 Å². The first kappa shape index (κ1) is 17.0. The van der Waals surface area contributed by atoms with Gasteiger partial charge >= 0.3 is 0 Å². The monoisotopic (exact) mass is 334 g/mol. The van der Waals surface area contributed by atoms with Crippen LogP contribution in [0, 0.1) is 6.92 Å². The molecule has 0 spiro atoms. The number of aryl methyl sites for hydroxylation is 1. The van der Waals surface area contributed by atoms with Crippen molar-refractivity contribution in [2.45, 2.75) is 26.7 Å². The normalized spacial score (nSPS) is 11.3. The lowest BCUT2D eigenvalue weighted by Gasteiger charge is -2.09. The molecule has 0 saturated carbocycles. The molecule has 128 valence electrons. The molecule has 0 bridgehead atoms. The van der Waals surface area contributed by atoms with Crippen molar-refractivity contribution in [1.82, 2.24) is 0 Å². The van der Waals surface area contributed by atoms with Crippen LogP contribution in [0.25, 0.3) is 10.8 Å². The summed E-state index contributed by atoms with van der Waals surface area (Å²) < 4.78 is 5.82. The fourth-order valence-electron chi connectivity index (χ4n) is 2.61. The van der Waals surface area contributed by atoms with Crippen molar-refractivity contribution < 1.29 is 9.84 Å². The van der Waals surface area contributed by atoms with Gasteiger partial charge in [0.1, 0.15) is 22.9 Å². The molecule has 25 heavy (non-hydrogen) atoms. The van der Waals surface area contributed by atoms with Gasteiger partial charge in [-0.15, -0.1) is 10.2 Å². The second kappa shape index (κ2) is 7.79. The Morgan fingerprint density at radius 2 is 1.84 bits per heavy atom. The lowest BCUT2D eigenvalue weighted by atomic mass is 10.1. The van der Waals surface area contributed by atoms with Crippen molar-refractivity contribution in [3.63, 3.8) is 0 Å². The van der Waals surface area contributed by atoms with Crippen molar-refractivity contribution in [3.05, 3.63) is 60.2 Å². The van der Waals surface area contributed by atoms with Crippen LogP contribution >= 0.6 is 0 Å². The summed E-state index contributed by atoms with van der Waals surface area (Å²) in [4.78, 5) is 0. The Morgan fingerprint density at radius 3 is 2.68 bits per heavy atom. The number of nitrogens with zero attached hydrogens (tertiary/aromatic N) is 2. The fourth-order valence-corrected chi connectivity index (χ4v) is 2.61. The van der Waals surface area contributed by atoms with Crippen LogP contribution in [0.3, 0.4) is 0 Å². The van der Waals surface area contributed by atoms with Crippen LogP contribution in [0.2, 0.25) is 0 Å². The van der Waals surface area contributed by atoms with E-state index in [1.165, 1.54) is 0 Å². The van der Waals surface area contributed by atoms with Gasteiger partial charge in [0, 0.05) is 5.39 Å². The van der Waals surface area contributed by atoms with Crippen LogP contribution < -0.4 is 4.74 Å². The first-order valence-corrected chi connectivity index (χ1v) is 8.55. The van der Waals surface area contributed by atoms with E-state index in [1.54, 1.807) is 6.07 Å². The van der Waals surface area contributed by atoms with Crippen LogP contribution in [0.15, 0.2) is 64.8 Å². The predicted octanol–water partition coefficient (Wildman–Crippen LogP) is 6.45. The Bertz CT molecular complexity index is 904. The molecular formula is C21H22N2O2. The second-order valence-electron chi connectivity index (χ2n) is 6.03. The van der Waals surface area contributed by atoms with Gasteiger partial charge < -0.3 is 9.84 Å². The molecule has 0 aromatic heterocycles. The fraction of sp³-hybridized carbons (Fsp3) is 0.238. The van der Waals surface area contributed by atoms with E-state index in [-0.39, 0.29) is 5.75 Å². The van der Waals surface area contributed by atoms with Crippen LogP contribution in [0.4, 0.5) is 11.4 Å². The number of ether oxygens (including phenoxy) is 1. The molecule has 4 heteroatoms. The van der Waals surface area contributed by atoms with Crippen molar-refractivity contribution >= 4 is 22.1 Å². The number of aromatic hydroxyl groups is 1. The minimum absolute atomic E-state index is 0.114. The van der Waals surface area contributed by atoms with E-state index < -0.39 is 0 Å². The molecule has 4 nitrogen and oxygen atoms in total. The lowest BCUT2D eigenvalue weighted by molar-refractivity contribution is 0.310. The summed E-state index contributed by atoms with van der Waals surface area (Å²) in [5.74, 6) is 0.825. The lowest BCUT2D eigenvalue weighted by Crippen LogP contribution is -1.96. The summed E-state index contributed by atoms with van der Waals surface area (Å²) in [7, 11) is 0. The Labute approximate surface area is 147 Å². The molecule has 0 radical (unpaired) electrons. The number of hydrogen-bond donors (Lipinski definition) is 1. The first-order valence-electron chi connectivity index (χ1n) is 8.55. The quantitative estimate of drug-likeness (QED) is 0.416. The maximum Gasteiger partial charge on any atom is 0.146 e. The maximum atomic E-state index is 10.2. The third kappa shape index (κ3) is 3.97. The van der Waals surface area contributed by atoms with Gasteiger partial charge in [0.25, 0.3) is 0 Å². The van der Waals surface area contributed by atoms with Gasteiger partial charge in [0.15, 0.2) is 0 Å². The summed E-state index contributed by atoms with van der Waals surface area (Å²) in [5, 5.41) is 20.8. The van der Waals surface area contributed by atoms with Gasteiger partial charge in [0.05, 0.1) is 6.61 Å². The first-order chi connectivity index (χ1) is 12.2. The summed E-state index contributed by atoms with van der Waals surface area (Å²) in [6.07, 6.45) is 2.07. The molecule has 0 amide bonds. The highest BCUT2D eigenvalue weighted by atomic mass is 16.5. The Hall–Kier alpha value is -2.88. The smallest absolute Gasteiger partial charge is 0.146 e. The molecule has 0 unspecified atom stereocenters. The van der Waals surface area contributed by atoms with Gasteiger partial charge in [-0.2, -0.15) is 0 Å². The Morgan fingerprint density at radius 1 is 1.00 bits per heavy atom. The SMILES string of the molecule is CCCCOc1ccc(C)cc1N=Nc1c(O)ccc2ccccc12. The van der Waals surface area contributed by atoms with E-state index in [1.807, 2.05) is 55.5 Å². The maximum absolute atomic E-state index is 10.2. The molecule has 3 aromatic rings. The van der Waals surface area contributed by atoms with E-state index in [0.717, 1.165) is 29.2 Å². The van der Waals surface area contributed by atoms with Crippen molar-refractivity contribution in [1.29, 1.82) is 0 Å². The number of fused-ring (bicyclic) bond motifs is 1. The zero-order valence-corrected chi connectivity index (χ0v) is 14.6. The predicted molar refractivity (Wildman–Crippen MR) is 101 cm³/mol. The molecule has 0 aliphatic heterocycles. The number of azo groups is 1. The third-order valence-corrected chi connectivity index (χ3v) is 4.01. The van der Waals surface area contributed by atoms with Gasteiger partial charge in [-0.3, -0.25) is 0 Å². The van der Waals surface area contributed by atoms with E-state index >= 15 is 0 Å². The molecule has 0 heterocycles. The number of phenols is 1. The summed E-state index contributed by atoms with van der Waals surface area (Å²) in [6.45, 7) is 4.79. The van der Waals surface area contributed by atoms with Gasteiger partial charge in [0.2, 0.25) is 0 Å². The molecular weight excluding hydrogens is 312 g/mol. The average Bonchev–Trinajstić information content (AvgIpc) is 2.62. The van der Waals surface area contributed by atoms with E-state index in [4.69, 9.17) is 4.74 Å². The number of phenolic OH excluding ortho intramolecular Hbond substituents is 1. The highest BCUT2D eigenvalue weighted by Gasteiger charge is 2.08. The Kier molecular flexibility index (Phi) is 5.29. The molecule has 0 atom stereocenters. The highest BCUT2D eigenvalue weighted by Crippen LogP contribution is 2.37. The van der Waals surface area contributed by atoms with Gasteiger partial charge in [-0.1, -0.05) is 49.7 Å². The Balaban J connectivity index is 1.97. The minimum Gasteiger partial charge on any atom is -0.506 e. The van der Waals surface area contributed by atoms with Crippen LogP contribution in [0.1, 0.15) is 25.3 Å². The van der Waals surface area contributed by atoms with E-state index in [9.17, 15) is 5.11 Å². The van der Waals surface area contributed by atoms with E-state index in [2.05, 4.69) is 17.2 Å². The topological polar surface area (TPSA) is 54.2 Å². The zero-order chi connectivity index (χ0) is 17.6. The highest BCUT2D eigenvalue weighted by molar-refractivity contribution is 5.95. The summed E-state index contributed by atoms with van der Waals surface area (Å²) in [6, 6.07) is 17.2. The van der Waals surface area contributed by atoms with Crippen LogP contribution in [-0.4, -0.2) is 11.7 Å². The summed E-state index contributed by atoms with van der Waals surface area (Å²) in [5.41, 5.74) is 2.22. The van der Waals surface area contributed by atoms with Gasteiger partial charge in [-0.05, 0) is 42.5 Å². The van der Waals surface area contributed by atoms with E-state index in [0.29, 0.717) is 23.7 Å². The van der Waals surface area contributed by atoms with Crippen molar-refractivity contribution in [3.8, 4) is 11.5 Å². The molecule has 0 aliphatic carbocycles. The molecule has 0 aliphatic rings. The number of unbranched alkanes of at least 4 members (excludes halogenated alkanes) is 1. The molecule has 0 saturated heterocycles. The molecule has 1 N–H and O–H groups in total. The summed E-state index contributed by atoms with van der Waals surface area (Å²) >= 11 is 0. The minimum atomic E-state index is 0.114. The van der Waals surface area contributed by atoms with Crippen LogP contribution in [-0.2, 0) is 0 Å². The number of hydrogen-bond acceptors (Lipinski definition) is 4. The third-order valence-electron chi connectivity index (χ3n) is 4.01. The molecule has 3 aromatic carbocycles. The zero-order valence-electron chi connectivity index (χ0n) is 14.6. The van der Waals surface area contributed by atoms with Crippen molar-refractivity contribution in [2.24, 2.45) is 10.2 Å². The molecule has 0 fully saturated rings. The standard InChI is InChI=1S/C21H22N2O2/c1-3-4-13-25-20-12-9-15(2)14-18(20)22-23-21-17-8-6-5-7-16(17)10-11-19(21)24/h5-12,14,24H,3-4,13H2,1-2H3.